The monoisotopic (exact) mass is 288 g/mol. The summed E-state index contributed by atoms with van der Waals surface area (Å²) in [5.41, 5.74) is 1.03. The van der Waals surface area contributed by atoms with Crippen molar-refractivity contribution in [2.24, 2.45) is 5.92 Å². The SMILES string of the molecule is COc1ccc(CNc2cncc(OCC(C)C)n2)cn1. The number of methoxy groups -OCH3 is 1. The molecule has 0 saturated carbocycles. The number of nitrogens with zero attached hydrogens (tertiary/aromatic N) is 3. The van der Waals surface area contributed by atoms with Crippen LogP contribution in [0.5, 0.6) is 11.8 Å². The maximum atomic E-state index is 5.55. The Morgan fingerprint density at radius 2 is 2.00 bits per heavy atom. The number of ether oxygens (including phenoxy) is 2. The Hall–Kier alpha value is -2.37. The molecule has 0 radical (unpaired) electrons. The van der Waals surface area contributed by atoms with Crippen molar-refractivity contribution in [3.63, 3.8) is 0 Å². The van der Waals surface area contributed by atoms with Gasteiger partial charge in [-0.15, -0.1) is 0 Å². The van der Waals surface area contributed by atoms with E-state index in [2.05, 4.69) is 34.1 Å². The molecule has 112 valence electrons. The molecule has 2 aromatic rings. The van der Waals surface area contributed by atoms with Crippen LogP contribution >= 0.6 is 0 Å². The Balaban J connectivity index is 1.91. The first kappa shape index (κ1) is 15.0. The Bertz CT molecular complexity index is 558. The molecule has 0 unspecified atom stereocenters. The molecule has 0 saturated heterocycles. The number of pyridine rings is 1. The van der Waals surface area contributed by atoms with E-state index in [9.17, 15) is 0 Å². The van der Waals surface area contributed by atoms with Crippen LogP contribution in [0.4, 0.5) is 5.82 Å². The Morgan fingerprint density at radius 1 is 1.14 bits per heavy atom. The first-order chi connectivity index (χ1) is 10.2. The van der Waals surface area contributed by atoms with Crippen molar-refractivity contribution in [1.29, 1.82) is 0 Å². The second-order valence-corrected chi connectivity index (χ2v) is 5.01. The average Bonchev–Trinajstić information content (AvgIpc) is 2.52. The van der Waals surface area contributed by atoms with E-state index in [4.69, 9.17) is 9.47 Å². The molecule has 0 aliphatic heterocycles. The third-order valence-electron chi connectivity index (χ3n) is 2.66. The van der Waals surface area contributed by atoms with Crippen LogP contribution in [-0.4, -0.2) is 28.7 Å². The summed E-state index contributed by atoms with van der Waals surface area (Å²) < 4.78 is 10.6. The summed E-state index contributed by atoms with van der Waals surface area (Å²) in [6.07, 6.45) is 5.04. The van der Waals surface area contributed by atoms with Crippen molar-refractivity contribution in [3.8, 4) is 11.8 Å². The molecule has 1 N–H and O–H groups in total. The van der Waals surface area contributed by atoms with Crippen LogP contribution in [0.3, 0.4) is 0 Å². The molecule has 0 aliphatic rings. The lowest BCUT2D eigenvalue weighted by Crippen LogP contribution is -2.08. The summed E-state index contributed by atoms with van der Waals surface area (Å²) in [5.74, 6) is 2.25. The van der Waals surface area contributed by atoms with Gasteiger partial charge in [-0.25, -0.2) is 4.98 Å². The van der Waals surface area contributed by atoms with Crippen molar-refractivity contribution in [3.05, 3.63) is 36.3 Å². The van der Waals surface area contributed by atoms with E-state index >= 15 is 0 Å². The van der Waals surface area contributed by atoms with Crippen molar-refractivity contribution in [2.75, 3.05) is 19.0 Å². The molecular formula is C15H20N4O2. The largest absolute Gasteiger partial charge is 0.481 e. The molecular weight excluding hydrogens is 268 g/mol. The van der Waals surface area contributed by atoms with Crippen molar-refractivity contribution in [2.45, 2.75) is 20.4 Å². The van der Waals surface area contributed by atoms with Crippen molar-refractivity contribution >= 4 is 5.82 Å². The zero-order chi connectivity index (χ0) is 15.1. The zero-order valence-corrected chi connectivity index (χ0v) is 12.5. The molecule has 0 amide bonds. The maximum absolute atomic E-state index is 5.55. The van der Waals surface area contributed by atoms with Crippen LogP contribution < -0.4 is 14.8 Å². The van der Waals surface area contributed by atoms with Gasteiger partial charge in [0.05, 0.1) is 26.1 Å². The summed E-state index contributed by atoms with van der Waals surface area (Å²) >= 11 is 0. The predicted molar refractivity (Wildman–Crippen MR) is 80.5 cm³/mol. The molecule has 6 heteroatoms. The van der Waals surface area contributed by atoms with Crippen molar-refractivity contribution < 1.29 is 9.47 Å². The van der Waals surface area contributed by atoms with Crippen molar-refractivity contribution in [1.82, 2.24) is 15.0 Å². The molecule has 0 spiro atoms. The lowest BCUT2D eigenvalue weighted by molar-refractivity contribution is 0.260. The Morgan fingerprint density at radius 3 is 2.67 bits per heavy atom. The standard InChI is InChI=1S/C15H20N4O2/c1-11(2)10-21-15-9-16-8-13(19-15)17-6-12-4-5-14(20-3)18-7-12/h4-5,7-9,11H,6,10H2,1-3H3,(H,17,19). The number of rotatable bonds is 7. The highest BCUT2D eigenvalue weighted by Gasteiger charge is 2.02. The lowest BCUT2D eigenvalue weighted by Gasteiger charge is -2.09. The van der Waals surface area contributed by atoms with Crippen LogP contribution in [-0.2, 0) is 6.54 Å². The average molecular weight is 288 g/mol. The fourth-order valence-electron chi connectivity index (χ4n) is 1.58. The van der Waals surface area contributed by atoms with Gasteiger partial charge in [0, 0.05) is 18.8 Å². The predicted octanol–water partition coefficient (Wildman–Crippen LogP) is 2.53. The number of hydrogen-bond acceptors (Lipinski definition) is 6. The van der Waals surface area contributed by atoms with E-state index in [-0.39, 0.29) is 0 Å². The lowest BCUT2D eigenvalue weighted by atomic mass is 10.2. The molecule has 2 rings (SSSR count). The second-order valence-electron chi connectivity index (χ2n) is 5.01. The molecule has 6 nitrogen and oxygen atoms in total. The normalized spacial score (nSPS) is 10.5. The van der Waals surface area contributed by atoms with Gasteiger partial charge in [-0.3, -0.25) is 4.98 Å². The minimum Gasteiger partial charge on any atom is -0.481 e. The number of nitrogens with one attached hydrogen (secondary N) is 1. The van der Waals surface area contributed by atoms with Crippen LogP contribution in [0.2, 0.25) is 0 Å². The van der Waals surface area contributed by atoms with Crippen LogP contribution in [0.15, 0.2) is 30.7 Å². The maximum Gasteiger partial charge on any atom is 0.234 e. The summed E-state index contributed by atoms with van der Waals surface area (Å²) in [6, 6.07) is 3.77. The van der Waals surface area contributed by atoms with E-state index < -0.39 is 0 Å². The zero-order valence-electron chi connectivity index (χ0n) is 12.5. The van der Waals surface area contributed by atoms with Gasteiger partial charge >= 0.3 is 0 Å². The molecule has 2 aromatic heterocycles. The minimum absolute atomic E-state index is 0.453. The molecule has 0 fully saturated rings. The highest BCUT2D eigenvalue weighted by Crippen LogP contribution is 2.12. The summed E-state index contributed by atoms with van der Waals surface area (Å²) in [7, 11) is 1.60. The Kier molecular flexibility index (Phi) is 5.31. The van der Waals surface area contributed by atoms with Gasteiger partial charge in [-0.1, -0.05) is 19.9 Å². The summed E-state index contributed by atoms with van der Waals surface area (Å²) in [6.45, 7) is 5.41. The minimum atomic E-state index is 0.453. The smallest absolute Gasteiger partial charge is 0.234 e. The molecule has 2 heterocycles. The topological polar surface area (TPSA) is 69.2 Å². The van der Waals surface area contributed by atoms with E-state index in [1.54, 1.807) is 25.7 Å². The summed E-state index contributed by atoms with van der Waals surface area (Å²) in [5, 5.41) is 3.19. The van der Waals surface area contributed by atoms with Gasteiger partial charge in [0.1, 0.15) is 5.82 Å². The number of aromatic nitrogens is 3. The number of hydrogen-bond donors (Lipinski definition) is 1. The molecule has 0 aromatic carbocycles. The first-order valence-electron chi connectivity index (χ1n) is 6.85. The second kappa shape index (κ2) is 7.42. The number of anilines is 1. The molecule has 21 heavy (non-hydrogen) atoms. The van der Waals surface area contributed by atoms with Gasteiger partial charge in [0.15, 0.2) is 0 Å². The first-order valence-corrected chi connectivity index (χ1v) is 6.85. The van der Waals surface area contributed by atoms with Gasteiger partial charge in [-0.05, 0) is 11.5 Å². The molecule has 0 bridgehead atoms. The van der Waals surface area contributed by atoms with Gasteiger partial charge in [0.25, 0.3) is 0 Å². The van der Waals surface area contributed by atoms with E-state index in [0.717, 1.165) is 5.56 Å². The van der Waals surface area contributed by atoms with Crippen LogP contribution in [0.1, 0.15) is 19.4 Å². The third kappa shape index (κ3) is 4.91. The summed E-state index contributed by atoms with van der Waals surface area (Å²) in [4.78, 5) is 12.6. The van der Waals surface area contributed by atoms with Gasteiger partial charge in [0.2, 0.25) is 11.8 Å². The quantitative estimate of drug-likeness (QED) is 0.844. The fourth-order valence-corrected chi connectivity index (χ4v) is 1.58. The molecule has 0 atom stereocenters. The highest BCUT2D eigenvalue weighted by atomic mass is 16.5. The van der Waals surface area contributed by atoms with E-state index in [0.29, 0.717) is 36.6 Å². The van der Waals surface area contributed by atoms with E-state index in [1.165, 1.54) is 0 Å². The van der Waals surface area contributed by atoms with Crippen LogP contribution in [0.25, 0.3) is 0 Å². The van der Waals surface area contributed by atoms with Crippen LogP contribution in [0, 0.1) is 5.92 Å². The van der Waals surface area contributed by atoms with Gasteiger partial charge in [-0.2, -0.15) is 4.98 Å². The van der Waals surface area contributed by atoms with E-state index in [1.807, 2.05) is 12.1 Å². The molecule has 0 aliphatic carbocycles. The Labute approximate surface area is 124 Å². The fraction of sp³-hybridized carbons (Fsp3) is 0.400. The highest BCUT2D eigenvalue weighted by molar-refractivity contribution is 5.34. The third-order valence-corrected chi connectivity index (χ3v) is 2.66. The van der Waals surface area contributed by atoms with Gasteiger partial charge < -0.3 is 14.8 Å².